The lowest BCUT2D eigenvalue weighted by Gasteiger charge is -2.23. The molecule has 1 aromatic rings. The van der Waals surface area contributed by atoms with Crippen molar-refractivity contribution in [2.75, 3.05) is 19.1 Å². The van der Waals surface area contributed by atoms with Gasteiger partial charge in [0.25, 0.3) is 0 Å². The lowest BCUT2D eigenvalue weighted by atomic mass is 10.0. The van der Waals surface area contributed by atoms with Gasteiger partial charge in [-0.05, 0) is 38.3 Å². The normalized spacial score (nSPS) is 15.8. The Labute approximate surface area is 113 Å². The van der Waals surface area contributed by atoms with E-state index in [1.165, 1.54) is 7.11 Å². The fourth-order valence-corrected chi connectivity index (χ4v) is 2.44. The van der Waals surface area contributed by atoms with Gasteiger partial charge in [0.2, 0.25) is 5.91 Å². The zero-order valence-electron chi connectivity index (χ0n) is 11.8. The van der Waals surface area contributed by atoms with Gasteiger partial charge in [0.15, 0.2) is 0 Å². The summed E-state index contributed by atoms with van der Waals surface area (Å²) in [7, 11) is 3.04. The van der Waals surface area contributed by atoms with Gasteiger partial charge in [0, 0.05) is 12.7 Å². The van der Waals surface area contributed by atoms with Gasteiger partial charge in [-0.2, -0.15) is 0 Å². The predicted molar refractivity (Wildman–Crippen MR) is 73.0 cm³/mol. The molecule has 1 aromatic carbocycles. The van der Waals surface area contributed by atoms with E-state index in [-0.39, 0.29) is 5.91 Å². The van der Waals surface area contributed by atoms with E-state index < -0.39 is 11.4 Å². The molecule has 0 heterocycles. The Hall–Kier alpha value is -1.84. The summed E-state index contributed by atoms with van der Waals surface area (Å²) in [6, 6.07) is 5.90. The van der Waals surface area contributed by atoms with E-state index in [1.807, 2.05) is 32.0 Å². The van der Waals surface area contributed by atoms with E-state index in [9.17, 15) is 9.59 Å². The number of aryl methyl sites for hydroxylation is 2. The summed E-state index contributed by atoms with van der Waals surface area (Å²) < 4.78 is 4.75. The summed E-state index contributed by atoms with van der Waals surface area (Å²) in [5.74, 6) is -0.597. The Morgan fingerprint density at radius 3 is 2.37 bits per heavy atom. The molecular formula is C15H19NO3. The van der Waals surface area contributed by atoms with Gasteiger partial charge < -0.3 is 9.64 Å². The zero-order valence-corrected chi connectivity index (χ0v) is 11.8. The Bertz CT molecular complexity index is 532. The number of hydrogen-bond donors (Lipinski definition) is 0. The molecule has 102 valence electrons. The van der Waals surface area contributed by atoms with Gasteiger partial charge in [-0.15, -0.1) is 0 Å². The van der Waals surface area contributed by atoms with Crippen LogP contribution in [0.3, 0.4) is 0 Å². The molecule has 0 aliphatic heterocycles. The van der Waals surface area contributed by atoms with Crippen LogP contribution >= 0.6 is 0 Å². The lowest BCUT2D eigenvalue weighted by Crippen LogP contribution is -2.39. The minimum absolute atomic E-state index is 0.175. The highest BCUT2D eigenvalue weighted by molar-refractivity contribution is 6.12. The average Bonchev–Trinajstić information content (AvgIpc) is 3.17. The van der Waals surface area contributed by atoms with Crippen LogP contribution in [0.15, 0.2) is 18.2 Å². The highest BCUT2D eigenvalue weighted by Crippen LogP contribution is 2.48. The number of rotatable bonds is 3. The molecule has 1 saturated carbocycles. The minimum Gasteiger partial charge on any atom is -0.468 e. The molecule has 19 heavy (non-hydrogen) atoms. The van der Waals surface area contributed by atoms with Gasteiger partial charge in [-0.3, -0.25) is 9.59 Å². The molecule has 0 aromatic heterocycles. The Morgan fingerprint density at radius 1 is 1.26 bits per heavy atom. The van der Waals surface area contributed by atoms with E-state index in [0.717, 1.165) is 16.8 Å². The van der Waals surface area contributed by atoms with E-state index in [1.54, 1.807) is 11.9 Å². The van der Waals surface area contributed by atoms with Crippen LogP contribution in [0.1, 0.15) is 24.0 Å². The average molecular weight is 261 g/mol. The number of anilines is 1. The first kappa shape index (κ1) is 13.6. The summed E-state index contributed by atoms with van der Waals surface area (Å²) in [5.41, 5.74) is 2.07. The molecule has 2 rings (SSSR count). The number of amides is 1. The number of ether oxygens (including phenoxy) is 1. The molecular weight excluding hydrogens is 242 g/mol. The second-order valence-electron chi connectivity index (χ2n) is 5.23. The number of esters is 1. The first-order valence-electron chi connectivity index (χ1n) is 6.36. The molecule has 4 nitrogen and oxygen atoms in total. The van der Waals surface area contributed by atoms with E-state index >= 15 is 0 Å². The molecule has 0 spiro atoms. The lowest BCUT2D eigenvalue weighted by molar-refractivity contribution is -0.151. The second-order valence-corrected chi connectivity index (χ2v) is 5.23. The van der Waals surface area contributed by atoms with Gasteiger partial charge in [0.05, 0.1) is 7.11 Å². The maximum Gasteiger partial charge on any atom is 0.321 e. The van der Waals surface area contributed by atoms with E-state index in [4.69, 9.17) is 4.74 Å². The fraction of sp³-hybridized carbons (Fsp3) is 0.467. The summed E-state index contributed by atoms with van der Waals surface area (Å²) in [6.45, 7) is 3.97. The van der Waals surface area contributed by atoms with Crippen molar-refractivity contribution in [3.8, 4) is 0 Å². The largest absolute Gasteiger partial charge is 0.468 e. The number of carbonyl (C=O) groups excluding carboxylic acids is 2. The topological polar surface area (TPSA) is 46.6 Å². The third-order valence-corrected chi connectivity index (χ3v) is 3.75. The Balaban J connectivity index is 2.27. The van der Waals surface area contributed by atoms with Crippen LogP contribution in [0.2, 0.25) is 0 Å². The van der Waals surface area contributed by atoms with Crippen molar-refractivity contribution in [3.05, 3.63) is 29.3 Å². The highest BCUT2D eigenvalue weighted by Gasteiger charge is 2.59. The third-order valence-electron chi connectivity index (χ3n) is 3.75. The maximum absolute atomic E-state index is 12.5. The van der Waals surface area contributed by atoms with Crippen LogP contribution in [-0.4, -0.2) is 26.0 Å². The van der Waals surface area contributed by atoms with Crippen molar-refractivity contribution in [1.29, 1.82) is 0 Å². The molecule has 1 aliphatic carbocycles. The van der Waals surface area contributed by atoms with Gasteiger partial charge >= 0.3 is 5.97 Å². The van der Waals surface area contributed by atoms with Crippen LogP contribution in [0.5, 0.6) is 0 Å². The number of benzene rings is 1. The molecule has 0 atom stereocenters. The molecule has 1 aliphatic rings. The van der Waals surface area contributed by atoms with Crippen molar-refractivity contribution < 1.29 is 14.3 Å². The van der Waals surface area contributed by atoms with Crippen molar-refractivity contribution in [3.63, 3.8) is 0 Å². The predicted octanol–water partition coefficient (Wildman–Crippen LogP) is 2.22. The van der Waals surface area contributed by atoms with Crippen molar-refractivity contribution >= 4 is 17.6 Å². The summed E-state index contributed by atoms with van der Waals surface area (Å²) in [6.07, 6.45) is 1.15. The number of carbonyl (C=O) groups is 2. The first-order chi connectivity index (χ1) is 8.92. The van der Waals surface area contributed by atoms with Gasteiger partial charge in [-0.25, -0.2) is 0 Å². The zero-order chi connectivity index (χ0) is 14.2. The van der Waals surface area contributed by atoms with Crippen molar-refractivity contribution in [1.82, 2.24) is 0 Å². The van der Waals surface area contributed by atoms with Crippen LogP contribution < -0.4 is 4.90 Å². The fourth-order valence-electron chi connectivity index (χ4n) is 2.44. The number of hydrogen-bond acceptors (Lipinski definition) is 3. The molecule has 0 saturated heterocycles. The third kappa shape index (κ3) is 2.23. The molecule has 0 unspecified atom stereocenters. The Morgan fingerprint density at radius 2 is 1.89 bits per heavy atom. The number of nitrogens with zero attached hydrogens (tertiary/aromatic N) is 1. The minimum atomic E-state index is -0.944. The molecule has 1 amide bonds. The van der Waals surface area contributed by atoms with Crippen LogP contribution in [0.4, 0.5) is 5.69 Å². The maximum atomic E-state index is 12.5. The second kappa shape index (κ2) is 4.68. The van der Waals surface area contributed by atoms with E-state index in [2.05, 4.69) is 0 Å². The molecule has 4 heteroatoms. The molecule has 1 fully saturated rings. The smallest absolute Gasteiger partial charge is 0.321 e. The quantitative estimate of drug-likeness (QED) is 0.619. The summed E-state index contributed by atoms with van der Waals surface area (Å²) >= 11 is 0. The first-order valence-corrected chi connectivity index (χ1v) is 6.36. The van der Waals surface area contributed by atoms with Crippen LogP contribution in [0, 0.1) is 19.3 Å². The monoisotopic (exact) mass is 261 g/mol. The molecule has 0 N–H and O–H groups in total. The van der Waals surface area contributed by atoms with Crippen LogP contribution in [-0.2, 0) is 14.3 Å². The van der Waals surface area contributed by atoms with Crippen molar-refractivity contribution in [2.24, 2.45) is 5.41 Å². The molecule has 0 bridgehead atoms. The highest BCUT2D eigenvalue weighted by atomic mass is 16.5. The van der Waals surface area contributed by atoms with E-state index in [0.29, 0.717) is 12.8 Å². The van der Waals surface area contributed by atoms with Crippen LogP contribution in [0.25, 0.3) is 0 Å². The van der Waals surface area contributed by atoms with Crippen molar-refractivity contribution in [2.45, 2.75) is 26.7 Å². The Kier molecular flexibility index (Phi) is 3.35. The summed E-state index contributed by atoms with van der Waals surface area (Å²) in [4.78, 5) is 25.8. The van der Waals surface area contributed by atoms with Gasteiger partial charge in [-0.1, -0.05) is 17.7 Å². The number of methoxy groups -OCH3 is 1. The molecule has 0 radical (unpaired) electrons. The SMILES string of the molecule is COC(=O)C1(C(=O)N(C)c2ccc(C)cc2C)CC1. The van der Waals surface area contributed by atoms with Gasteiger partial charge in [0.1, 0.15) is 5.41 Å². The summed E-state index contributed by atoms with van der Waals surface area (Å²) in [5, 5.41) is 0. The standard InChI is InChI=1S/C15H19NO3/c1-10-5-6-12(11(2)9-10)16(3)13(17)15(7-8-15)14(18)19-4/h5-6,9H,7-8H2,1-4H3.